The number of carbonyl (C=O) groups is 2. The van der Waals surface area contributed by atoms with Crippen LogP contribution in [0.25, 0.3) is 0 Å². The number of allylic oxidation sites excluding steroid dienone is 1. The van der Waals surface area contributed by atoms with E-state index < -0.39 is 0 Å². The summed E-state index contributed by atoms with van der Waals surface area (Å²) in [5.74, 6) is 3.38. The average molecular weight is 593 g/mol. The largest absolute Gasteiger partial charge is 0.465 e. The highest BCUT2D eigenvalue weighted by Gasteiger charge is 2.71. The van der Waals surface area contributed by atoms with E-state index in [2.05, 4.69) is 53.1 Å². The van der Waals surface area contributed by atoms with Gasteiger partial charge in [-0.3, -0.25) is 4.79 Å². The molecule has 5 aliphatic carbocycles. The SMILES string of the molecule is C=C(C)[C@@H]1CC[C@]2(COC(C)=O)CC[C@]3(C)[C@H](CC[C@@H]4[C@@]5(C)CC[C@H](OC(=O)n6ccnc6C)C(C)(C)[C@@H]5CC[C@]43C)[C@@H]12. The first-order chi connectivity index (χ1) is 20.1. The fraction of sp³-hybridized carbons (Fsp3) is 0.811. The third kappa shape index (κ3) is 4.34. The van der Waals surface area contributed by atoms with Crippen LogP contribution in [0.3, 0.4) is 0 Å². The minimum absolute atomic E-state index is 0.0949. The Morgan fingerprint density at radius 1 is 0.930 bits per heavy atom. The summed E-state index contributed by atoms with van der Waals surface area (Å²) < 4.78 is 13.6. The van der Waals surface area contributed by atoms with Gasteiger partial charge in [0.1, 0.15) is 11.9 Å². The van der Waals surface area contributed by atoms with Gasteiger partial charge in [0.05, 0.1) is 6.61 Å². The highest BCUT2D eigenvalue weighted by Crippen LogP contribution is 2.77. The number of rotatable bonds is 4. The first-order valence-corrected chi connectivity index (χ1v) is 17.1. The molecule has 0 unspecified atom stereocenters. The van der Waals surface area contributed by atoms with Gasteiger partial charge < -0.3 is 9.47 Å². The maximum atomic E-state index is 13.1. The maximum absolute atomic E-state index is 13.1. The van der Waals surface area contributed by atoms with Gasteiger partial charge in [0.2, 0.25) is 0 Å². The van der Waals surface area contributed by atoms with Crippen LogP contribution in [-0.2, 0) is 14.3 Å². The molecule has 5 saturated carbocycles. The van der Waals surface area contributed by atoms with Gasteiger partial charge in [0, 0.05) is 30.1 Å². The lowest BCUT2D eigenvalue weighted by atomic mass is 9.32. The number of hydrogen-bond donors (Lipinski definition) is 0. The Morgan fingerprint density at radius 3 is 2.33 bits per heavy atom. The molecule has 0 aromatic carbocycles. The molecule has 6 rings (SSSR count). The van der Waals surface area contributed by atoms with E-state index in [1.54, 1.807) is 19.3 Å². The molecule has 0 bridgehead atoms. The Balaban J connectivity index is 1.29. The summed E-state index contributed by atoms with van der Waals surface area (Å²) in [6.45, 7) is 23.4. The second-order valence-electron chi connectivity index (χ2n) is 16.9. The van der Waals surface area contributed by atoms with Crippen LogP contribution in [0.5, 0.6) is 0 Å². The van der Waals surface area contributed by atoms with Crippen LogP contribution in [0.1, 0.15) is 118 Å². The molecule has 5 aliphatic rings. The third-order valence-corrected chi connectivity index (χ3v) is 15.0. The second-order valence-corrected chi connectivity index (χ2v) is 16.9. The predicted molar refractivity (Wildman–Crippen MR) is 168 cm³/mol. The van der Waals surface area contributed by atoms with Crippen molar-refractivity contribution in [1.82, 2.24) is 9.55 Å². The summed E-state index contributed by atoms with van der Waals surface area (Å²) in [6.07, 6.45) is 14.7. The van der Waals surface area contributed by atoms with E-state index in [4.69, 9.17) is 9.47 Å². The van der Waals surface area contributed by atoms with Gasteiger partial charge in [-0.15, -0.1) is 0 Å². The molecule has 1 heterocycles. The molecule has 0 spiro atoms. The first-order valence-electron chi connectivity index (χ1n) is 17.1. The van der Waals surface area contributed by atoms with Gasteiger partial charge in [-0.05, 0) is 124 Å². The molecule has 238 valence electrons. The monoisotopic (exact) mass is 592 g/mol. The number of nitrogens with zero attached hydrogens (tertiary/aromatic N) is 2. The lowest BCUT2D eigenvalue weighted by molar-refractivity contribution is -0.249. The van der Waals surface area contributed by atoms with Gasteiger partial charge in [-0.2, -0.15) is 0 Å². The smallest absolute Gasteiger partial charge is 0.419 e. The average Bonchev–Trinajstić information content (AvgIpc) is 3.54. The van der Waals surface area contributed by atoms with Crippen molar-refractivity contribution in [3.63, 3.8) is 0 Å². The number of carbonyl (C=O) groups excluding carboxylic acids is 2. The van der Waals surface area contributed by atoms with Crippen molar-refractivity contribution in [2.24, 2.45) is 56.7 Å². The molecular weight excluding hydrogens is 536 g/mol. The zero-order valence-electron chi connectivity index (χ0n) is 28.1. The third-order valence-electron chi connectivity index (χ3n) is 15.0. The van der Waals surface area contributed by atoms with E-state index in [0.717, 1.165) is 25.7 Å². The van der Waals surface area contributed by atoms with Crippen molar-refractivity contribution in [3.8, 4) is 0 Å². The normalized spacial score (nSPS) is 44.7. The molecule has 0 saturated heterocycles. The highest BCUT2D eigenvalue weighted by atomic mass is 16.6. The van der Waals surface area contributed by atoms with Crippen LogP contribution in [0.15, 0.2) is 24.5 Å². The molecular formula is C37H56N2O4. The Labute approximate surface area is 259 Å². The van der Waals surface area contributed by atoms with E-state index in [0.29, 0.717) is 42.0 Å². The quantitative estimate of drug-likeness (QED) is 0.258. The Hall–Kier alpha value is -2.11. The number of hydrogen-bond acceptors (Lipinski definition) is 5. The van der Waals surface area contributed by atoms with Crippen molar-refractivity contribution in [2.45, 2.75) is 126 Å². The summed E-state index contributed by atoms with van der Waals surface area (Å²) in [5, 5.41) is 0. The van der Waals surface area contributed by atoms with Crippen LogP contribution in [-0.4, -0.2) is 34.3 Å². The Kier molecular flexibility index (Phi) is 7.33. The van der Waals surface area contributed by atoms with Crippen molar-refractivity contribution >= 4 is 12.1 Å². The molecule has 43 heavy (non-hydrogen) atoms. The Morgan fingerprint density at radius 2 is 1.67 bits per heavy atom. The second kappa shape index (κ2) is 10.2. The van der Waals surface area contributed by atoms with Gasteiger partial charge >= 0.3 is 12.1 Å². The van der Waals surface area contributed by atoms with Gasteiger partial charge in [-0.25, -0.2) is 14.3 Å². The zero-order chi connectivity index (χ0) is 31.2. The van der Waals surface area contributed by atoms with E-state index in [1.165, 1.54) is 48.7 Å². The molecule has 1 aromatic heterocycles. The van der Waals surface area contributed by atoms with Crippen LogP contribution < -0.4 is 0 Å². The van der Waals surface area contributed by atoms with Gasteiger partial charge in [0.25, 0.3) is 0 Å². The fourth-order valence-corrected chi connectivity index (χ4v) is 12.7. The van der Waals surface area contributed by atoms with Crippen molar-refractivity contribution in [3.05, 3.63) is 30.4 Å². The summed E-state index contributed by atoms with van der Waals surface area (Å²) in [6, 6.07) is 0. The maximum Gasteiger partial charge on any atom is 0.419 e. The number of esters is 1. The lowest BCUT2D eigenvalue weighted by Crippen LogP contribution is -2.67. The van der Waals surface area contributed by atoms with E-state index in [-0.39, 0.29) is 45.2 Å². The Bertz CT molecular complexity index is 1300. The molecule has 6 heteroatoms. The minimum Gasteiger partial charge on any atom is -0.465 e. The number of aromatic nitrogens is 2. The minimum atomic E-state index is -0.298. The number of ether oxygens (including phenoxy) is 2. The summed E-state index contributed by atoms with van der Waals surface area (Å²) in [7, 11) is 0. The van der Waals surface area contributed by atoms with Crippen LogP contribution >= 0.6 is 0 Å². The predicted octanol–water partition coefficient (Wildman–Crippen LogP) is 8.77. The highest BCUT2D eigenvalue weighted by molar-refractivity contribution is 5.71. The molecule has 0 amide bonds. The summed E-state index contributed by atoms with van der Waals surface area (Å²) in [4.78, 5) is 29.3. The number of imidazole rings is 1. The molecule has 0 aliphatic heterocycles. The van der Waals surface area contributed by atoms with Crippen molar-refractivity contribution in [1.29, 1.82) is 0 Å². The topological polar surface area (TPSA) is 70.4 Å². The summed E-state index contributed by atoms with van der Waals surface area (Å²) in [5.41, 5.74) is 2.04. The standard InChI is InChI=1S/C37H56N2O4/c1-23(2)26-12-17-37(22-42-25(4)40)19-18-35(8)27(31(26)37)10-11-29-34(7)15-14-30(43-32(41)39-21-20-38-24(39)3)33(5,6)28(34)13-16-36(29,35)9/h20-21,26-31H,1,10-19,22H2,2-9H3/t26-,27+,28-,29+,30-,31+,34-,35+,36+,37+/m0/s1. The fourth-order valence-electron chi connectivity index (χ4n) is 12.7. The number of fused-ring (bicyclic) bond motifs is 7. The molecule has 6 nitrogen and oxygen atoms in total. The zero-order valence-corrected chi connectivity index (χ0v) is 28.1. The van der Waals surface area contributed by atoms with Crippen LogP contribution in [0.4, 0.5) is 4.79 Å². The van der Waals surface area contributed by atoms with Gasteiger partial charge in [0.15, 0.2) is 0 Å². The van der Waals surface area contributed by atoms with Gasteiger partial charge in [-0.1, -0.05) is 46.8 Å². The lowest BCUT2D eigenvalue weighted by Gasteiger charge is -2.73. The molecule has 10 atom stereocenters. The van der Waals surface area contributed by atoms with E-state index in [9.17, 15) is 9.59 Å². The van der Waals surface area contributed by atoms with Crippen LogP contribution in [0, 0.1) is 63.6 Å². The van der Waals surface area contributed by atoms with E-state index in [1.807, 2.05) is 6.92 Å². The van der Waals surface area contributed by atoms with Crippen molar-refractivity contribution in [2.75, 3.05) is 6.61 Å². The molecule has 1 aromatic rings. The van der Waals surface area contributed by atoms with E-state index >= 15 is 0 Å². The first kappa shape index (κ1) is 30.9. The summed E-state index contributed by atoms with van der Waals surface area (Å²) >= 11 is 0. The van der Waals surface area contributed by atoms with Crippen molar-refractivity contribution < 1.29 is 19.1 Å². The van der Waals surface area contributed by atoms with Crippen LogP contribution in [0.2, 0.25) is 0 Å². The molecule has 5 fully saturated rings. The molecule has 0 radical (unpaired) electrons. The molecule has 0 N–H and O–H groups in total. The number of aryl methyl sites for hydroxylation is 1.